The average molecular weight is 332 g/mol. The number of aliphatic hydroxyl groups is 1. The van der Waals surface area contributed by atoms with Gasteiger partial charge in [-0.05, 0) is 30.6 Å². The Kier molecular flexibility index (Phi) is 9.37. The number of hydrogen-bond acceptors (Lipinski definition) is 4. The summed E-state index contributed by atoms with van der Waals surface area (Å²) >= 11 is 2.01. The summed E-state index contributed by atoms with van der Waals surface area (Å²) in [4.78, 5) is 2.37. The zero-order chi connectivity index (χ0) is 15.2. The van der Waals surface area contributed by atoms with Gasteiger partial charge in [-0.3, -0.25) is 4.90 Å². The van der Waals surface area contributed by atoms with Crippen LogP contribution in [0.5, 0.6) is 0 Å². The van der Waals surface area contributed by atoms with E-state index in [2.05, 4.69) is 25.7 Å². The number of rotatable bonds is 6. The second kappa shape index (κ2) is 10.2. The van der Waals surface area contributed by atoms with Crippen LogP contribution in [0.4, 0.5) is 0 Å². The fourth-order valence-electron chi connectivity index (χ4n) is 3.68. The first-order chi connectivity index (χ1) is 10.1. The highest BCUT2D eigenvalue weighted by atomic mass is 32.2. The van der Waals surface area contributed by atoms with Gasteiger partial charge in [-0.2, -0.15) is 11.8 Å². The molecule has 1 aliphatic carbocycles. The molecule has 132 valence electrons. The van der Waals surface area contributed by atoms with Gasteiger partial charge in [0.15, 0.2) is 0 Å². The summed E-state index contributed by atoms with van der Waals surface area (Å²) < 4.78 is 6.15. The van der Waals surface area contributed by atoms with Gasteiger partial charge in [-0.1, -0.05) is 34.6 Å². The van der Waals surface area contributed by atoms with Crippen molar-refractivity contribution in [2.24, 2.45) is 17.8 Å². The second-order valence-electron chi connectivity index (χ2n) is 7.26. The van der Waals surface area contributed by atoms with Gasteiger partial charge in [0.05, 0.1) is 18.8 Å². The molecule has 0 spiro atoms. The highest BCUT2D eigenvalue weighted by molar-refractivity contribution is 7.99. The van der Waals surface area contributed by atoms with Gasteiger partial charge >= 0.3 is 0 Å². The largest absolute Gasteiger partial charge is 0.389 e. The van der Waals surface area contributed by atoms with E-state index in [9.17, 15) is 5.11 Å². The van der Waals surface area contributed by atoms with Gasteiger partial charge in [0.1, 0.15) is 0 Å². The van der Waals surface area contributed by atoms with E-state index in [0.717, 1.165) is 32.0 Å². The summed E-state index contributed by atoms with van der Waals surface area (Å²) in [7, 11) is 0. The van der Waals surface area contributed by atoms with Crippen LogP contribution in [0.25, 0.3) is 0 Å². The van der Waals surface area contributed by atoms with Crippen molar-refractivity contribution in [1.29, 1.82) is 0 Å². The average Bonchev–Trinajstić information content (AvgIpc) is 2.46. The monoisotopic (exact) mass is 331 g/mol. The van der Waals surface area contributed by atoms with Crippen molar-refractivity contribution in [2.75, 3.05) is 37.7 Å². The van der Waals surface area contributed by atoms with Crippen molar-refractivity contribution >= 4 is 11.8 Å². The van der Waals surface area contributed by atoms with Crippen molar-refractivity contribution in [3.63, 3.8) is 0 Å². The third-order valence-electron chi connectivity index (χ3n) is 5.04. The molecule has 2 fully saturated rings. The highest BCUT2D eigenvalue weighted by Gasteiger charge is 2.31. The van der Waals surface area contributed by atoms with Crippen molar-refractivity contribution in [3.05, 3.63) is 0 Å². The standard InChI is InChI=1S/C17H33NO2S.CH4/c1-13(2)16-5-4-14(3)10-17(16)20-12-15(19)11-18-6-8-21-9-7-18;/h13-17,19H,4-12H2,1-3H3;1H4. The van der Waals surface area contributed by atoms with E-state index in [0.29, 0.717) is 24.5 Å². The van der Waals surface area contributed by atoms with Gasteiger partial charge in [0.2, 0.25) is 0 Å². The third kappa shape index (κ3) is 6.38. The maximum atomic E-state index is 10.2. The lowest BCUT2D eigenvalue weighted by atomic mass is 9.75. The number of aliphatic hydroxyl groups excluding tert-OH is 1. The molecule has 4 atom stereocenters. The van der Waals surface area contributed by atoms with Crippen molar-refractivity contribution in [1.82, 2.24) is 4.90 Å². The van der Waals surface area contributed by atoms with Gasteiger partial charge in [-0.15, -0.1) is 0 Å². The summed E-state index contributed by atoms with van der Waals surface area (Å²) in [6.45, 7) is 10.4. The van der Waals surface area contributed by atoms with E-state index in [1.54, 1.807) is 0 Å². The minimum Gasteiger partial charge on any atom is -0.389 e. The van der Waals surface area contributed by atoms with Crippen LogP contribution in [-0.4, -0.2) is 60.0 Å². The molecule has 4 unspecified atom stereocenters. The highest BCUT2D eigenvalue weighted by Crippen LogP contribution is 2.35. The zero-order valence-electron chi connectivity index (χ0n) is 14.0. The Morgan fingerprint density at radius 1 is 1.23 bits per heavy atom. The van der Waals surface area contributed by atoms with Crippen molar-refractivity contribution in [3.8, 4) is 0 Å². The van der Waals surface area contributed by atoms with Gasteiger partial charge in [0, 0.05) is 31.1 Å². The lowest BCUT2D eigenvalue weighted by molar-refractivity contribution is -0.0735. The Hall–Kier alpha value is 0.230. The molecule has 1 saturated carbocycles. The van der Waals surface area contributed by atoms with E-state index < -0.39 is 0 Å². The Balaban J connectivity index is 0.00000242. The molecule has 4 heteroatoms. The number of hydrogen-bond donors (Lipinski definition) is 1. The Morgan fingerprint density at radius 3 is 2.55 bits per heavy atom. The van der Waals surface area contributed by atoms with Crippen LogP contribution in [0, 0.1) is 17.8 Å². The topological polar surface area (TPSA) is 32.7 Å². The number of thioether (sulfide) groups is 1. The molecule has 0 radical (unpaired) electrons. The lowest BCUT2D eigenvalue weighted by Gasteiger charge is -2.38. The molecule has 1 saturated heterocycles. The molecular weight excluding hydrogens is 294 g/mol. The number of β-amino-alcohol motifs (C(OH)–C–C–N with tert-alkyl or cyclic N) is 1. The van der Waals surface area contributed by atoms with Crippen LogP contribution in [0.15, 0.2) is 0 Å². The van der Waals surface area contributed by atoms with E-state index in [1.807, 2.05) is 11.8 Å². The number of nitrogens with zero attached hydrogens (tertiary/aromatic N) is 1. The maximum Gasteiger partial charge on any atom is 0.0900 e. The van der Waals surface area contributed by atoms with E-state index in [1.165, 1.54) is 24.3 Å². The van der Waals surface area contributed by atoms with E-state index in [4.69, 9.17) is 4.74 Å². The van der Waals surface area contributed by atoms with E-state index in [-0.39, 0.29) is 13.5 Å². The summed E-state index contributed by atoms with van der Waals surface area (Å²) in [5.74, 6) is 4.51. The summed E-state index contributed by atoms with van der Waals surface area (Å²) in [5, 5.41) is 10.2. The molecule has 0 bridgehead atoms. The number of ether oxygens (including phenoxy) is 1. The molecule has 2 rings (SSSR count). The molecule has 1 heterocycles. The molecule has 1 aliphatic heterocycles. The first kappa shape index (κ1) is 20.3. The maximum absolute atomic E-state index is 10.2. The van der Waals surface area contributed by atoms with Gasteiger partial charge in [-0.25, -0.2) is 0 Å². The third-order valence-corrected chi connectivity index (χ3v) is 5.98. The van der Waals surface area contributed by atoms with Crippen LogP contribution in [-0.2, 0) is 4.74 Å². The lowest BCUT2D eigenvalue weighted by Crippen LogP contribution is -2.42. The Labute approximate surface area is 142 Å². The Bertz CT molecular complexity index is 295. The molecule has 1 N–H and O–H groups in total. The first-order valence-corrected chi connectivity index (χ1v) is 9.81. The smallest absolute Gasteiger partial charge is 0.0900 e. The molecule has 0 aromatic carbocycles. The Morgan fingerprint density at radius 2 is 1.91 bits per heavy atom. The summed E-state index contributed by atoms with van der Waals surface area (Å²) in [5.41, 5.74) is 0. The van der Waals surface area contributed by atoms with Gasteiger partial charge < -0.3 is 9.84 Å². The van der Waals surface area contributed by atoms with E-state index >= 15 is 0 Å². The molecular formula is C18H37NO2S. The van der Waals surface area contributed by atoms with Crippen molar-refractivity contribution < 1.29 is 9.84 Å². The van der Waals surface area contributed by atoms with Gasteiger partial charge in [0.25, 0.3) is 0 Å². The quantitative estimate of drug-likeness (QED) is 0.807. The predicted octanol–water partition coefficient (Wildman–Crippen LogP) is 3.51. The zero-order valence-corrected chi connectivity index (χ0v) is 14.8. The molecule has 0 aromatic rings. The fraction of sp³-hybridized carbons (Fsp3) is 1.00. The summed E-state index contributed by atoms with van der Waals surface area (Å²) in [6.07, 6.45) is 3.79. The predicted molar refractivity (Wildman–Crippen MR) is 97.6 cm³/mol. The SMILES string of the molecule is C.CC1CCC(C(C)C)C(OCC(O)CN2CCSCC2)C1. The fourth-order valence-corrected chi connectivity index (χ4v) is 4.65. The normalized spacial score (nSPS) is 31.8. The molecule has 22 heavy (non-hydrogen) atoms. The molecule has 0 aromatic heterocycles. The van der Waals surface area contributed by atoms with Crippen molar-refractivity contribution in [2.45, 2.75) is 59.7 Å². The van der Waals surface area contributed by atoms with Crippen LogP contribution in [0.2, 0.25) is 0 Å². The minimum atomic E-state index is -0.335. The molecule has 0 amide bonds. The van der Waals surface area contributed by atoms with Crippen LogP contribution in [0.1, 0.15) is 47.5 Å². The second-order valence-corrected chi connectivity index (χ2v) is 8.49. The summed E-state index contributed by atoms with van der Waals surface area (Å²) in [6, 6.07) is 0. The van der Waals surface area contributed by atoms with Crippen LogP contribution in [0.3, 0.4) is 0 Å². The first-order valence-electron chi connectivity index (χ1n) is 8.66. The minimum absolute atomic E-state index is 0. The van der Waals surface area contributed by atoms with Crippen LogP contribution < -0.4 is 0 Å². The molecule has 2 aliphatic rings. The molecule has 3 nitrogen and oxygen atoms in total. The van der Waals surface area contributed by atoms with Crippen LogP contribution >= 0.6 is 11.8 Å².